The molecule has 3 heterocycles. The molecule has 2 aromatic heterocycles. The van der Waals surface area contributed by atoms with Crippen molar-refractivity contribution >= 4 is 34.0 Å². The van der Waals surface area contributed by atoms with E-state index in [0.717, 1.165) is 22.0 Å². The highest BCUT2D eigenvalue weighted by molar-refractivity contribution is 6.11. The second kappa shape index (κ2) is 6.24. The molecule has 0 bridgehead atoms. The van der Waals surface area contributed by atoms with Crippen molar-refractivity contribution in [1.82, 2.24) is 15.3 Å². The molecule has 124 valence electrons. The molecule has 1 aliphatic rings. The molecule has 3 aromatic rings. The lowest BCUT2D eigenvalue weighted by molar-refractivity contribution is -0.111. The van der Waals surface area contributed by atoms with Crippen molar-refractivity contribution in [3.8, 4) is 0 Å². The number of anilines is 1. The van der Waals surface area contributed by atoms with Crippen molar-refractivity contribution in [2.75, 3.05) is 11.9 Å². The standard InChI is InChI=1S/C19H16N4O2/c24-16(22-13-4-3-8-20-11-13)10-12-7-9-21-19(25)18-17(12)14-5-1-2-6-15(14)23-18/h1-6,8,10-11,23H,7,9H2,(H,21,25)(H,22,24)/b12-10+. The summed E-state index contributed by atoms with van der Waals surface area (Å²) in [6, 6.07) is 11.2. The molecule has 0 atom stereocenters. The molecule has 6 heteroatoms. The summed E-state index contributed by atoms with van der Waals surface area (Å²) in [6.07, 6.45) is 5.38. The summed E-state index contributed by atoms with van der Waals surface area (Å²) in [7, 11) is 0. The Bertz CT molecular complexity index is 989. The third-order valence-corrected chi connectivity index (χ3v) is 4.17. The van der Waals surface area contributed by atoms with Crippen molar-refractivity contribution in [3.05, 3.63) is 66.1 Å². The van der Waals surface area contributed by atoms with E-state index >= 15 is 0 Å². The van der Waals surface area contributed by atoms with E-state index in [4.69, 9.17) is 0 Å². The minimum Gasteiger partial charge on any atom is -0.350 e. The van der Waals surface area contributed by atoms with Gasteiger partial charge in [-0.2, -0.15) is 0 Å². The van der Waals surface area contributed by atoms with Crippen LogP contribution in [0.2, 0.25) is 0 Å². The van der Waals surface area contributed by atoms with Gasteiger partial charge in [-0.15, -0.1) is 0 Å². The highest BCUT2D eigenvalue weighted by atomic mass is 16.2. The van der Waals surface area contributed by atoms with Gasteiger partial charge in [-0.3, -0.25) is 14.6 Å². The highest BCUT2D eigenvalue weighted by Crippen LogP contribution is 2.32. The van der Waals surface area contributed by atoms with Crippen molar-refractivity contribution in [2.24, 2.45) is 0 Å². The largest absolute Gasteiger partial charge is 0.350 e. The first-order valence-electron chi connectivity index (χ1n) is 8.03. The van der Waals surface area contributed by atoms with E-state index in [0.29, 0.717) is 24.3 Å². The maximum Gasteiger partial charge on any atom is 0.268 e. The summed E-state index contributed by atoms with van der Waals surface area (Å²) in [5, 5.41) is 6.60. The van der Waals surface area contributed by atoms with Crippen LogP contribution >= 0.6 is 0 Å². The topological polar surface area (TPSA) is 86.9 Å². The van der Waals surface area contributed by atoms with E-state index < -0.39 is 0 Å². The summed E-state index contributed by atoms with van der Waals surface area (Å²) in [4.78, 5) is 31.9. The van der Waals surface area contributed by atoms with Gasteiger partial charge in [-0.1, -0.05) is 18.2 Å². The molecule has 4 rings (SSSR count). The Morgan fingerprint density at radius 1 is 1.20 bits per heavy atom. The highest BCUT2D eigenvalue weighted by Gasteiger charge is 2.23. The molecule has 1 aromatic carbocycles. The minimum atomic E-state index is -0.242. The number of H-pyrrole nitrogens is 1. The number of hydrogen-bond donors (Lipinski definition) is 3. The Balaban J connectivity index is 1.76. The van der Waals surface area contributed by atoms with Crippen molar-refractivity contribution in [1.29, 1.82) is 0 Å². The third-order valence-electron chi connectivity index (χ3n) is 4.17. The Morgan fingerprint density at radius 2 is 2.08 bits per heavy atom. The van der Waals surface area contributed by atoms with E-state index in [1.165, 1.54) is 0 Å². The number of hydrogen-bond acceptors (Lipinski definition) is 3. The van der Waals surface area contributed by atoms with E-state index in [-0.39, 0.29) is 11.8 Å². The fourth-order valence-corrected chi connectivity index (χ4v) is 3.09. The molecule has 1 aliphatic heterocycles. The summed E-state index contributed by atoms with van der Waals surface area (Å²) < 4.78 is 0. The lowest BCUT2D eigenvalue weighted by Gasteiger charge is -2.06. The number of rotatable bonds is 2. The van der Waals surface area contributed by atoms with Gasteiger partial charge in [0.1, 0.15) is 5.69 Å². The number of para-hydroxylation sites is 1. The van der Waals surface area contributed by atoms with Gasteiger partial charge < -0.3 is 15.6 Å². The minimum absolute atomic E-state index is 0.151. The summed E-state index contributed by atoms with van der Waals surface area (Å²) in [5.41, 5.74) is 3.63. The molecule has 0 saturated heterocycles. The molecule has 0 spiro atoms. The summed E-state index contributed by atoms with van der Waals surface area (Å²) in [6.45, 7) is 0.488. The van der Waals surface area contributed by atoms with Crippen LogP contribution < -0.4 is 10.6 Å². The number of benzene rings is 1. The Hall–Kier alpha value is -3.41. The second-order valence-electron chi connectivity index (χ2n) is 5.83. The van der Waals surface area contributed by atoms with Crippen molar-refractivity contribution in [3.63, 3.8) is 0 Å². The van der Waals surface area contributed by atoms with Gasteiger partial charge >= 0.3 is 0 Å². The van der Waals surface area contributed by atoms with E-state index in [9.17, 15) is 9.59 Å². The third kappa shape index (κ3) is 2.89. The second-order valence-corrected chi connectivity index (χ2v) is 5.83. The number of pyridine rings is 1. The van der Waals surface area contributed by atoms with Gasteiger partial charge in [-0.25, -0.2) is 0 Å². The van der Waals surface area contributed by atoms with E-state index in [2.05, 4.69) is 20.6 Å². The smallest absolute Gasteiger partial charge is 0.268 e. The molecule has 25 heavy (non-hydrogen) atoms. The number of fused-ring (bicyclic) bond motifs is 3. The Kier molecular flexibility index (Phi) is 3.78. The zero-order valence-electron chi connectivity index (χ0n) is 13.4. The molecule has 6 nitrogen and oxygen atoms in total. The number of aromatic amines is 1. The monoisotopic (exact) mass is 332 g/mol. The quantitative estimate of drug-likeness (QED) is 0.631. The van der Waals surface area contributed by atoms with Crippen LogP contribution in [0.3, 0.4) is 0 Å². The van der Waals surface area contributed by atoms with Crippen LogP contribution in [0.15, 0.2) is 54.9 Å². The maximum atomic E-state index is 12.4. The first kappa shape index (κ1) is 15.1. The Morgan fingerprint density at radius 3 is 2.92 bits per heavy atom. The van der Waals surface area contributed by atoms with E-state index in [1.54, 1.807) is 30.6 Å². The molecular weight excluding hydrogens is 316 g/mol. The molecular formula is C19H16N4O2. The predicted molar refractivity (Wildman–Crippen MR) is 96.1 cm³/mol. The van der Waals surface area contributed by atoms with Gasteiger partial charge in [0.25, 0.3) is 5.91 Å². The molecule has 0 radical (unpaired) electrons. The fourth-order valence-electron chi connectivity index (χ4n) is 3.09. The maximum absolute atomic E-state index is 12.4. The molecule has 0 aliphatic carbocycles. The average Bonchev–Trinajstić information content (AvgIpc) is 2.94. The molecule has 0 unspecified atom stereocenters. The SMILES string of the molecule is O=C(/C=C1\CCNC(=O)c2[nH]c3ccccc3c21)Nc1cccnc1. The van der Waals surface area contributed by atoms with Crippen molar-refractivity contribution < 1.29 is 9.59 Å². The zero-order valence-corrected chi connectivity index (χ0v) is 13.4. The van der Waals surface area contributed by atoms with Crippen LogP contribution in [0.1, 0.15) is 22.5 Å². The zero-order chi connectivity index (χ0) is 17.2. The predicted octanol–water partition coefficient (Wildman–Crippen LogP) is 2.72. The Labute approximate surface area is 144 Å². The molecule has 0 fully saturated rings. The van der Waals surface area contributed by atoms with Crippen LogP contribution in [0.4, 0.5) is 5.69 Å². The molecule has 3 N–H and O–H groups in total. The normalized spacial score (nSPS) is 15.5. The summed E-state index contributed by atoms with van der Waals surface area (Å²) >= 11 is 0. The van der Waals surface area contributed by atoms with Crippen molar-refractivity contribution in [2.45, 2.75) is 6.42 Å². The first-order chi connectivity index (χ1) is 12.2. The van der Waals surface area contributed by atoms with Gasteiger partial charge in [0.05, 0.1) is 11.9 Å². The number of amides is 2. The molecule has 2 amide bonds. The lowest BCUT2D eigenvalue weighted by atomic mass is 9.99. The van der Waals surface area contributed by atoms with Crippen LogP contribution in [0, 0.1) is 0 Å². The number of carbonyl (C=O) groups excluding carboxylic acids is 2. The fraction of sp³-hybridized carbons (Fsp3) is 0.105. The van der Waals surface area contributed by atoms with Crippen LogP contribution in [-0.2, 0) is 4.79 Å². The van der Waals surface area contributed by atoms with Gasteiger partial charge in [-0.05, 0) is 30.2 Å². The van der Waals surface area contributed by atoms with Crippen LogP contribution in [-0.4, -0.2) is 28.3 Å². The molecule has 0 saturated carbocycles. The van der Waals surface area contributed by atoms with Crippen LogP contribution in [0.5, 0.6) is 0 Å². The first-order valence-corrected chi connectivity index (χ1v) is 8.03. The average molecular weight is 332 g/mol. The van der Waals surface area contributed by atoms with E-state index in [1.807, 2.05) is 24.3 Å². The van der Waals surface area contributed by atoms with Gasteiger partial charge in [0.15, 0.2) is 0 Å². The summed E-state index contributed by atoms with van der Waals surface area (Å²) in [5.74, 6) is -0.393. The van der Waals surface area contributed by atoms with Crippen LogP contribution in [0.25, 0.3) is 16.5 Å². The number of nitrogens with one attached hydrogen (secondary N) is 3. The number of carbonyl (C=O) groups is 2. The number of nitrogens with zero attached hydrogens (tertiary/aromatic N) is 1. The van der Waals surface area contributed by atoms with Gasteiger partial charge in [0, 0.05) is 35.3 Å². The number of aromatic nitrogens is 2. The lowest BCUT2D eigenvalue weighted by Crippen LogP contribution is -2.22. The van der Waals surface area contributed by atoms with Gasteiger partial charge in [0.2, 0.25) is 5.91 Å².